The molecule has 2 heterocycles. The average molecular weight is 556 g/mol. The lowest BCUT2D eigenvalue weighted by Gasteiger charge is -2.22. The summed E-state index contributed by atoms with van der Waals surface area (Å²) in [6.07, 6.45) is 2.97. The summed E-state index contributed by atoms with van der Waals surface area (Å²) in [4.78, 5) is 16.9. The number of hydrogen-bond donors (Lipinski definition) is 1. The van der Waals surface area contributed by atoms with Gasteiger partial charge in [-0.3, -0.25) is 4.79 Å². The quantitative estimate of drug-likeness (QED) is 0.240. The Morgan fingerprint density at radius 1 is 1.03 bits per heavy atom. The first-order valence-electron chi connectivity index (χ1n) is 11.1. The van der Waals surface area contributed by atoms with Gasteiger partial charge in [0.05, 0.1) is 21.2 Å². The molecule has 0 atom stereocenters. The van der Waals surface area contributed by atoms with Crippen LogP contribution in [0.3, 0.4) is 0 Å². The van der Waals surface area contributed by atoms with E-state index in [2.05, 4.69) is 15.5 Å². The summed E-state index contributed by atoms with van der Waals surface area (Å²) in [5.41, 5.74) is 5.82. The van der Waals surface area contributed by atoms with Crippen LogP contribution in [0.4, 0.5) is 5.82 Å². The molecule has 0 aliphatic carbocycles. The van der Waals surface area contributed by atoms with Gasteiger partial charge in [0.25, 0.3) is 15.9 Å². The molecule has 37 heavy (non-hydrogen) atoms. The lowest BCUT2D eigenvalue weighted by atomic mass is 10.2. The highest BCUT2D eigenvalue weighted by atomic mass is 35.5. The fourth-order valence-electron chi connectivity index (χ4n) is 3.79. The van der Waals surface area contributed by atoms with Gasteiger partial charge in [0.15, 0.2) is 0 Å². The lowest BCUT2D eigenvalue weighted by Crippen LogP contribution is -2.40. The van der Waals surface area contributed by atoms with E-state index in [-0.39, 0.29) is 10.7 Å². The second kappa shape index (κ2) is 11.2. The SMILES string of the molecule is Cc1cc(/C=N/NC(=O)CN(c2ccccn2)S(=O)(=O)c2ccccc2)c(C)n1-c1ccc(Cl)c(Cl)c1. The predicted molar refractivity (Wildman–Crippen MR) is 146 cm³/mol. The molecule has 0 unspecified atom stereocenters. The number of aromatic nitrogens is 2. The third-order valence-electron chi connectivity index (χ3n) is 5.55. The molecule has 11 heteroatoms. The van der Waals surface area contributed by atoms with Gasteiger partial charge in [0.2, 0.25) is 0 Å². The van der Waals surface area contributed by atoms with E-state index in [0.29, 0.717) is 10.0 Å². The Balaban J connectivity index is 1.53. The van der Waals surface area contributed by atoms with Gasteiger partial charge < -0.3 is 4.57 Å². The Morgan fingerprint density at radius 3 is 2.43 bits per heavy atom. The van der Waals surface area contributed by atoms with Gasteiger partial charge in [0, 0.05) is 28.8 Å². The molecule has 0 radical (unpaired) electrons. The zero-order chi connectivity index (χ0) is 26.6. The van der Waals surface area contributed by atoms with E-state index in [1.165, 1.54) is 30.6 Å². The second-order valence-corrected chi connectivity index (χ2v) is 10.7. The third-order valence-corrected chi connectivity index (χ3v) is 8.05. The minimum absolute atomic E-state index is 0.0479. The molecule has 2 aromatic heterocycles. The predicted octanol–water partition coefficient (Wildman–Crippen LogP) is 5.14. The molecule has 0 fully saturated rings. The first kappa shape index (κ1) is 26.4. The molecule has 0 saturated carbocycles. The van der Waals surface area contributed by atoms with E-state index >= 15 is 0 Å². The molecule has 2 aromatic carbocycles. The zero-order valence-corrected chi connectivity index (χ0v) is 22.3. The summed E-state index contributed by atoms with van der Waals surface area (Å²) in [5.74, 6) is -0.504. The number of hydrazone groups is 1. The van der Waals surface area contributed by atoms with Crippen LogP contribution in [-0.4, -0.2) is 36.6 Å². The van der Waals surface area contributed by atoms with Crippen molar-refractivity contribution in [3.05, 3.63) is 106 Å². The monoisotopic (exact) mass is 555 g/mol. The number of carbonyl (C=O) groups excluding carboxylic acids is 1. The number of aryl methyl sites for hydroxylation is 1. The van der Waals surface area contributed by atoms with Gasteiger partial charge in [0.1, 0.15) is 12.4 Å². The number of nitrogens with zero attached hydrogens (tertiary/aromatic N) is 4. The van der Waals surface area contributed by atoms with E-state index < -0.39 is 22.5 Å². The Kier molecular flexibility index (Phi) is 7.97. The minimum atomic E-state index is -4.04. The van der Waals surface area contributed by atoms with Gasteiger partial charge in [-0.15, -0.1) is 0 Å². The molecule has 0 saturated heterocycles. The molecule has 0 aliphatic rings. The number of sulfonamides is 1. The van der Waals surface area contributed by atoms with E-state index in [0.717, 1.165) is 26.9 Å². The van der Waals surface area contributed by atoms with Crippen LogP contribution in [0.25, 0.3) is 5.69 Å². The largest absolute Gasteiger partial charge is 0.318 e. The maximum Gasteiger partial charge on any atom is 0.265 e. The fraction of sp³-hybridized carbons (Fsp3) is 0.115. The molecule has 4 rings (SSSR count). The summed E-state index contributed by atoms with van der Waals surface area (Å²) in [6.45, 7) is 3.34. The molecule has 8 nitrogen and oxygen atoms in total. The van der Waals surface area contributed by atoms with Crippen LogP contribution < -0.4 is 9.73 Å². The Hall–Kier alpha value is -3.66. The average Bonchev–Trinajstić information content (AvgIpc) is 3.17. The van der Waals surface area contributed by atoms with Crippen LogP contribution in [0, 0.1) is 13.8 Å². The van der Waals surface area contributed by atoms with Crippen LogP contribution in [0.2, 0.25) is 10.0 Å². The van der Waals surface area contributed by atoms with Crippen molar-refractivity contribution in [1.29, 1.82) is 0 Å². The number of pyridine rings is 1. The highest BCUT2D eigenvalue weighted by Gasteiger charge is 2.27. The van der Waals surface area contributed by atoms with Crippen LogP contribution in [0.5, 0.6) is 0 Å². The maximum atomic E-state index is 13.3. The molecular formula is C26H23Cl2N5O3S. The van der Waals surface area contributed by atoms with Crippen molar-refractivity contribution in [3.63, 3.8) is 0 Å². The molecule has 1 amide bonds. The van der Waals surface area contributed by atoms with Crippen molar-refractivity contribution in [2.75, 3.05) is 10.8 Å². The molecule has 0 aliphatic heterocycles. The smallest absolute Gasteiger partial charge is 0.265 e. The highest BCUT2D eigenvalue weighted by Crippen LogP contribution is 2.27. The van der Waals surface area contributed by atoms with Crippen LogP contribution >= 0.6 is 23.2 Å². The highest BCUT2D eigenvalue weighted by molar-refractivity contribution is 7.92. The van der Waals surface area contributed by atoms with Crippen molar-refractivity contribution in [1.82, 2.24) is 15.0 Å². The summed E-state index contributed by atoms with van der Waals surface area (Å²) in [7, 11) is -4.04. The van der Waals surface area contributed by atoms with Gasteiger partial charge in [-0.2, -0.15) is 5.10 Å². The number of halogens is 2. The normalized spacial score (nSPS) is 11.6. The van der Waals surface area contributed by atoms with Crippen LogP contribution in [0.1, 0.15) is 17.0 Å². The third kappa shape index (κ3) is 5.85. The van der Waals surface area contributed by atoms with Gasteiger partial charge in [-0.1, -0.05) is 47.5 Å². The van der Waals surface area contributed by atoms with Crippen LogP contribution in [0.15, 0.2) is 89.0 Å². The first-order valence-corrected chi connectivity index (χ1v) is 13.3. The number of rotatable bonds is 8. The Labute approximate surface area is 225 Å². The summed E-state index contributed by atoms with van der Waals surface area (Å²) in [5, 5.41) is 4.96. The molecule has 1 N–H and O–H groups in total. The van der Waals surface area contributed by atoms with E-state index in [4.69, 9.17) is 23.2 Å². The molecular weight excluding hydrogens is 533 g/mol. The summed E-state index contributed by atoms with van der Waals surface area (Å²) < 4.78 is 29.5. The van der Waals surface area contributed by atoms with Crippen molar-refractivity contribution >= 4 is 51.2 Å². The van der Waals surface area contributed by atoms with Crippen LogP contribution in [-0.2, 0) is 14.8 Å². The zero-order valence-electron chi connectivity index (χ0n) is 20.0. The van der Waals surface area contributed by atoms with Crippen molar-refractivity contribution in [2.24, 2.45) is 5.10 Å². The summed E-state index contributed by atoms with van der Waals surface area (Å²) >= 11 is 12.2. The minimum Gasteiger partial charge on any atom is -0.318 e. The second-order valence-electron chi connectivity index (χ2n) is 8.07. The van der Waals surface area contributed by atoms with Gasteiger partial charge in [-0.25, -0.2) is 23.1 Å². The maximum absolute atomic E-state index is 13.3. The number of amides is 1. The number of carbonyl (C=O) groups is 1. The fourth-order valence-corrected chi connectivity index (χ4v) is 5.48. The standard InChI is InChI=1S/C26H23Cl2N5O3S/c1-18-14-20(19(2)33(18)21-11-12-23(27)24(28)15-21)16-30-31-26(34)17-32(25-10-6-7-13-29-25)37(35,36)22-8-4-3-5-9-22/h3-16H,17H2,1-2H3,(H,31,34)/b30-16+. The van der Waals surface area contributed by atoms with Gasteiger partial charge >= 0.3 is 0 Å². The topological polar surface area (TPSA) is 96.7 Å². The molecule has 0 bridgehead atoms. The first-order chi connectivity index (χ1) is 17.7. The Morgan fingerprint density at radius 2 is 1.76 bits per heavy atom. The number of hydrogen-bond acceptors (Lipinski definition) is 5. The van der Waals surface area contributed by atoms with E-state index in [1.807, 2.05) is 30.5 Å². The van der Waals surface area contributed by atoms with Gasteiger partial charge in [-0.05, 0) is 62.4 Å². The molecule has 4 aromatic rings. The number of nitrogens with one attached hydrogen (secondary N) is 1. The number of anilines is 1. The molecule has 190 valence electrons. The van der Waals surface area contributed by atoms with E-state index in [9.17, 15) is 13.2 Å². The summed E-state index contributed by atoms with van der Waals surface area (Å²) in [6, 6.07) is 20.0. The number of benzene rings is 2. The van der Waals surface area contributed by atoms with Crippen molar-refractivity contribution in [2.45, 2.75) is 18.7 Å². The molecule has 0 spiro atoms. The lowest BCUT2D eigenvalue weighted by molar-refractivity contribution is -0.119. The van der Waals surface area contributed by atoms with Crippen molar-refractivity contribution in [3.8, 4) is 5.69 Å². The Bertz CT molecular complexity index is 1560. The van der Waals surface area contributed by atoms with Crippen molar-refractivity contribution < 1.29 is 13.2 Å². The van der Waals surface area contributed by atoms with E-state index in [1.54, 1.807) is 42.5 Å².